The summed E-state index contributed by atoms with van der Waals surface area (Å²) in [7, 11) is 10.3. The highest BCUT2D eigenvalue weighted by molar-refractivity contribution is 5.79. The molecule has 1 aromatic rings. The molecule has 0 bridgehead atoms. The Morgan fingerprint density at radius 2 is 1.60 bits per heavy atom. The summed E-state index contributed by atoms with van der Waals surface area (Å²) < 4.78 is 0.838. The molecule has 0 aliphatic rings. The van der Waals surface area contributed by atoms with Crippen LogP contribution in [0.3, 0.4) is 0 Å². The van der Waals surface area contributed by atoms with Crippen molar-refractivity contribution in [2.45, 2.75) is 0 Å². The van der Waals surface area contributed by atoms with E-state index in [2.05, 4.69) is 50.5 Å². The lowest BCUT2D eigenvalue weighted by atomic mass is 10.2. The van der Waals surface area contributed by atoms with E-state index in [4.69, 9.17) is 0 Å². The molecule has 0 aliphatic carbocycles. The highest BCUT2D eigenvalue weighted by atomic mass is 15.4. The summed E-state index contributed by atoms with van der Waals surface area (Å²) in [5.74, 6) is 0. The van der Waals surface area contributed by atoms with Gasteiger partial charge in [-0.15, -0.1) is 0 Å². The van der Waals surface area contributed by atoms with Gasteiger partial charge in [0.25, 0.3) is 0 Å². The lowest BCUT2D eigenvalue weighted by Gasteiger charge is -2.23. The third-order valence-corrected chi connectivity index (χ3v) is 2.11. The van der Waals surface area contributed by atoms with Crippen molar-refractivity contribution in [2.24, 2.45) is 5.10 Å². The van der Waals surface area contributed by atoms with Crippen molar-refractivity contribution in [3.8, 4) is 0 Å². The molecule has 0 aliphatic heterocycles. The van der Waals surface area contributed by atoms with Crippen LogP contribution < -0.4 is 4.48 Å². The molecule has 0 saturated carbocycles. The molecular weight excluding hydrogens is 186 g/mol. The van der Waals surface area contributed by atoms with E-state index in [-0.39, 0.29) is 0 Å². The van der Waals surface area contributed by atoms with Crippen LogP contribution >= 0.6 is 0 Å². The number of nitrogens with zero attached hydrogens (tertiary/aromatic N) is 3. The number of hydrogen-bond acceptors (Lipinski definition) is 2. The maximum Gasteiger partial charge on any atom is 0.132 e. The maximum atomic E-state index is 4.19. The third-order valence-electron chi connectivity index (χ3n) is 2.11. The van der Waals surface area contributed by atoms with E-state index >= 15 is 0 Å². The predicted molar refractivity (Wildman–Crippen MR) is 67.3 cm³/mol. The Kier molecular flexibility index (Phi) is 3.48. The average Bonchev–Trinajstić information content (AvgIpc) is 2.14. The molecular formula is C12H20N3+. The molecule has 0 aromatic heterocycles. The topological polar surface area (TPSA) is 15.6 Å². The van der Waals surface area contributed by atoms with Crippen LogP contribution in [-0.4, -0.2) is 46.5 Å². The van der Waals surface area contributed by atoms with Crippen molar-refractivity contribution in [1.29, 1.82) is 0 Å². The van der Waals surface area contributed by atoms with Gasteiger partial charge < -0.3 is 5.01 Å². The van der Waals surface area contributed by atoms with E-state index in [1.165, 1.54) is 5.69 Å². The van der Waals surface area contributed by atoms with Gasteiger partial charge in [-0.1, -0.05) is 0 Å². The molecule has 15 heavy (non-hydrogen) atoms. The fraction of sp³-hybridized carbons (Fsp3) is 0.417. The summed E-state index contributed by atoms with van der Waals surface area (Å²) in [6, 6.07) is 8.45. The first kappa shape index (κ1) is 11.7. The zero-order chi connectivity index (χ0) is 11.5. The van der Waals surface area contributed by atoms with Gasteiger partial charge in [0.15, 0.2) is 0 Å². The second-order valence-electron chi connectivity index (χ2n) is 4.70. The Bertz CT molecular complexity index is 331. The molecule has 0 radical (unpaired) electrons. The first-order valence-corrected chi connectivity index (χ1v) is 5.03. The lowest BCUT2D eigenvalue weighted by molar-refractivity contribution is 0.440. The third kappa shape index (κ3) is 3.72. The molecule has 0 amide bonds. The molecule has 0 unspecified atom stereocenters. The highest BCUT2D eigenvalue weighted by Crippen LogP contribution is 2.16. The molecule has 0 fully saturated rings. The molecule has 0 saturated heterocycles. The second-order valence-corrected chi connectivity index (χ2v) is 4.70. The van der Waals surface area contributed by atoms with Crippen LogP contribution in [0.2, 0.25) is 0 Å². The van der Waals surface area contributed by atoms with Crippen LogP contribution in [0.4, 0.5) is 5.69 Å². The number of rotatable bonds is 3. The summed E-state index contributed by atoms with van der Waals surface area (Å²) >= 11 is 0. The van der Waals surface area contributed by atoms with E-state index in [0.717, 1.165) is 10.0 Å². The fourth-order valence-corrected chi connectivity index (χ4v) is 1.19. The SMILES string of the molecule is CN(C)N=Cc1ccc([N+](C)(C)C)cc1. The molecule has 0 spiro atoms. The van der Waals surface area contributed by atoms with Crippen molar-refractivity contribution in [1.82, 2.24) is 9.49 Å². The van der Waals surface area contributed by atoms with Gasteiger partial charge in [-0.05, 0) is 29.8 Å². The van der Waals surface area contributed by atoms with Crippen LogP contribution in [0.1, 0.15) is 5.56 Å². The first-order chi connectivity index (χ1) is 6.89. The largest absolute Gasteiger partial charge is 0.303 e. The van der Waals surface area contributed by atoms with E-state index in [1.807, 2.05) is 20.3 Å². The molecule has 0 heterocycles. The van der Waals surface area contributed by atoms with Gasteiger partial charge in [0.05, 0.1) is 27.4 Å². The van der Waals surface area contributed by atoms with Gasteiger partial charge in [-0.2, -0.15) is 5.10 Å². The van der Waals surface area contributed by atoms with Crippen LogP contribution in [0, 0.1) is 0 Å². The van der Waals surface area contributed by atoms with Gasteiger partial charge in [-0.3, -0.25) is 4.48 Å². The summed E-state index contributed by atoms with van der Waals surface area (Å²) in [5, 5.41) is 5.98. The van der Waals surface area contributed by atoms with Crippen molar-refractivity contribution in [3.63, 3.8) is 0 Å². The van der Waals surface area contributed by atoms with E-state index < -0.39 is 0 Å². The quantitative estimate of drug-likeness (QED) is 0.418. The molecule has 1 aromatic carbocycles. The fourth-order valence-electron chi connectivity index (χ4n) is 1.19. The van der Waals surface area contributed by atoms with Crippen LogP contribution in [0.25, 0.3) is 0 Å². The number of hydrogen-bond donors (Lipinski definition) is 0. The van der Waals surface area contributed by atoms with Crippen molar-refractivity contribution in [3.05, 3.63) is 29.8 Å². The first-order valence-electron chi connectivity index (χ1n) is 5.03. The Morgan fingerprint density at radius 3 is 2.00 bits per heavy atom. The highest BCUT2D eigenvalue weighted by Gasteiger charge is 2.10. The Labute approximate surface area is 92.2 Å². The van der Waals surface area contributed by atoms with Gasteiger partial charge in [-0.25, -0.2) is 0 Å². The van der Waals surface area contributed by atoms with Gasteiger partial charge in [0, 0.05) is 14.1 Å². The molecule has 0 atom stereocenters. The average molecular weight is 206 g/mol. The predicted octanol–water partition coefficient (Wildman–Crippen LogP) is 1.78. The van der Waals surface area contributed by atoms with Gasteiger partial charge >= 0.3 is 0 Å². The molecule has 3 nitrogen and oxygen atoms in total. The summed E-state index contributed by atoms with van der Waals surface area (Å²) in [6.07, 6.45) is 1.86. The van der Waals surface area contributed by atoms with Crippen LogP contribution in [0.5, 0.6) is 0 Å². The van der Waals surface area contributed by atoms with E-state index in [1.54, 1.807) is 5.01 Å². The van der Waals surface area contributed by atoms with Gasteiger partial charge in [0.2, 0.25) is 0 Å². The second kappa shape index (κ2) is 4.45. The normalized spacial score (nSPS) is 12.1. The minimum absolute atomic E-state index is 0.838. The zero-order valence-electron chi connectivity index (χ0n) is 10.2. The molecule has 1 rings (SSSR count). The minimum Gasteiger partial charge on any atom is -0.303 e. The van der Waals surface area contributed by atoms with Crippen molar-refractivity contribution in [2.75, 3.05) is 35.2 Å². The standard InChI is InChI=1S/C12H20N3/c1-14(2)13-10-11-6-8-12(9-7-11)15(3,4)5/h6-10H,1-5H3/q+1. The smallest absolute Gasteiger partial charge is 0.132 e. The Balaban J connectivity index is 2.82. The monoisotopic (exact) mass is 206 g/mol. The number of quaternary nitrogens is 1. The summed E-state index contributed by atoms with van der Waals surface area (Å²) in [4.78, 5) is 0. The summed E-state index contributed by atoms with van der Waals surface area (Å²) in [5.41, 5.74) is 2.41. The van der Waals surface area contributed by atoms with E-state index in [0.29, 0.717) is 0 Å². The minimum atomic E-state index is 0.838. The zero-order valence-corrected chi connectivity index (χ0v) is 10.2. The molecule has 0 N–H and O–H groups in total. The van der Waals surface area contributed by atoms with Crippen molar-refractivity contribution < 1.29 is 0 Å². The Morgan fingerprint density at radius 1 is 1.07 bits per heavy atom. The molecule has 82 valence electrons. The van der Waals surface area contributed by atoms with Gasteiger partial charge in [0.1, 0.15) is 5.69 Å². The maximum absolute atomic E-state index is 4.19. The van der Waals surface area contributed by atoms with Crippen LogP contribution in [-0.2, 0) is 0 Å². The Hall–Kier alpha value is -1.35. The molecule has 3 heteroatoms. The van der Waals surface area contributed by atoms with Crippen LogP contribution in [0.15, 0.2) is 29.4 Å². The van der Waals surface area contributed by atoms with E-state index in [9.17, 15) is 0 Å². The number of benzene rings is 1. The number of hydrazone groups is 1. The lowest BCUT2D eigenvalue weighted by Crippen LogP contribution is -2.34. The van der Waals surface area contributed by atoms with Crippen molar-refractivity contribution >= 4 is 11.9 Å². The summed E-state index contributed by atoms with van der Waals surface area (Å²) in [6.45, 7) is 0.